The van der Waals surface area contributed by atoms with Gasteiger partial charge in [0.05, 0.1) is 0 Å². The minimum Gasteiger partial charge on any atom is -0.298 e. The molecule has 1 saturated heterocycles. The Morgan fingerprint density at radius 3 is 1.88 bits per heavy atom. The molecule has 2 heteroatoms. The summed E-state index contributed by atoms with van der Waals surface area (Å²) in [6.45, 7) is 11.7. The van der Waals surface area contributed by atoms with E-state index in [0.717, 1.165) is 0 Å². The fourth-order valence-electron chi connectivity index (χ4n) is 2.58. The lowest BCUT2D eigenvalue weighted by atomic mass is 10.1. The number of benzene rings is 1. The van der Waals surface area contributed by atoms with Gasteiger partial charge in [-0.1, -0.05) is 30.3 Å². The highest BCUT2D eigenvalue weighted by Gasteiger charge is 2.22. The second-order valence-corrected chi connectivity index (χ2v) is 5.25. The van der Waals surface area contributed by atoms with Crippen LogP contribution in [0.1, 0.15) is 32.4 Å². The quantitative estimate of drug-likeness (QED) is 0.790. The Hall–Kier alpha value is -0.860. The zero-order valence-electron chi connectivity index (χ0n) is 11.3. The van der Waals surface area contributed by atoms with E-state index in [-0.39, 0.29) is 0 Å². The third kappa shape index (κ3) is 3.08. The van der Waals surface area contributed by atoms with Crippen LogP contribution >= 0.6 is 0 Å². The standard InChI is InChI=1S/C15H24N2/c1-13(2)16-9-11-17(12-10-16)14(3)15-7-5-4-6-8-15/h4-8,13-14H,9-12H2,1-3H3. The molecule has 0 saturated carbocycles. The first-order chi connectivity index (χ1) is 8.18. The Labute approximate surface area is 105 Å². The summed E-state index contributed by atoms with van der Waals surface area (Å²) >= 11 is 0. The van der Waals surface area contributed by atoms with Crippen LogP contribution in [-0.4, -0.2) is 42.0 Å². The lowest BCUT2D eigenvalue weighted by Crippen LogP contribution is -2.49. The fourth-order valence-corrected chi connectivity index (χ4v) is 2.58. The van der Waals surface area contributed by atoms with Crippen LogP contribution in [0.4, 0.5) is 0 Å². The monoisotopic (exact) mass is 232 g/mol. The molecule has 1 aromatic rings. The van der Waals surface area contributed by atoms with Crippen LogP contribution in [0.2, 0.25) is 0 Å². The summed E-state index contributed by atoms with van der Waals surface area (Å²) in [6, 6.07) is 12.1. The predicted octanol–water partition coefficient (Wildman–Crippen LogP) is 2.77. The largest absolute Gasteiger partial charge is 0.298 e. The molecule has 2 nitrogen and oxygen atoms in total. The van der Waals surface area contributed by atoms with E-state index in [1.165, 1.54) is 31.7 Å². The zero-order valence-corrected chi connectivity index (χ0v) is 11.3. The Bertz CT molecular complexity index is 326. The van der Waals surface area contributed by atoms with Crippen LogP contribution in [0.15, 0.2) is 30.3 Å². The zero-order chi connectivity index (χ0) is 12.3. The highest BCUT2D eigenvalue weighted by atomic mass is 15.3. The van der Waals surface area contributed by atoms with Gasteiger partial charge in [0.25, 0.3) is 0 Å². The van der Waals surface area contributed by atoms with Crippen molar-refractivity contribution >= 4 is 0 Å². The number of piperazine rings is 1. The average Bonchev–Trinajstić information content (AvgIpc) is 2.39. The smallest absolute Gasteiger partial charge is 0.0320 e. The molecule has 1 aliphatic heterocycles. The number of rotatable bonds is 3. The van der Waals surface area contributed by atoms with Gasteiger partial charge in [0.1, 0.15) is 0 Å². The van der Waals surface area contributed by atoms with Crippen molar-refractivity contribution in [1.29, 1.82) is 0 Å². The van der Waals surface area contributed by atoms with E-state index < -0.39 is 0 Å². The molecule has 0 aliphatic carbocycles. The highest BCUT2D eigenvalue weighted by molar-refractivity contribution is 5.18. The van der Waals surface area contributed by atoms with Crippen LogP contribution in [0, 0.1) is 0 Å². The minimum absolute atomic E-state index is 0.547. The summed E-state index contributed by atoms with van der Waals surface area (Å²) in [5, 5.41) is 0. The van der Waals surface area contributed by atoms with Crippen molar-refractivity contribution in [3.63, 3.8) is 0 Å². The molecule has 0 amide bonds. The molecule has 0 spiro atoms. The van der Waals surface area contributed by atoms with E-state index in [2.05, 4.69) is 60.9 Å². The Balaban J connectivity index is 1.93. The summed E-state index contributed by atoms with van der Waals surface area (Å²) < 4.78 is 0. The minimum atomic E-state index is 0.547. The molecule has 1 fully saturated rings. The Morgan fingerprint density at radius 1 is 0.824 bits per heavy atom. The van der Waals surface area contributed by atoms with Crippen LogP contribution in [0.25, 0.3) is 0 Å². The molecule has 17 heavy (non-hydrogen) atoms. The maximum absolute atomic E-state index is 2.59. The van der Waals surface area contributed by atoms with Crippen molar-refractivity contribution in [1.82, 2.24) is 9.80 Å². The molecule has 1 atom stereocenters. The molecule has 0 N–H and O–H groups in total. The molecule has 0 radical (unpaired) electrons. The summed E-state index contributed by atoms with van der Waals surface area (Å²) in [5.74, 6) is 0. The van der Waals surface area contributed by atoms with E-state index >= 15 is 0 Å². The van der Waals surface area contributed by atoms with Gasteiger partial charge >= 0.3 is 0 Å². The summed E-state index contributed by atoms with van der Waals surface area (Å²) in [5.41, 5.74) is 1.44. The molecule has 1 aliphatic rings. The lowest BCUT2D eigenvalue weighted by molar-refractivity contribution is 0.0834. The Morgan fingerprint density at radius 2 is 1.35 bits per heavy atom. The second-order valence-electron chi connectivity index (χ2n) is 5.25. The number of hydrogen-bond acceptors (Lipinski definition) is 2. The van der Waals surface area contributed by atoms with Gasteiger partial charge in [-0.05, 0) is 26.3 Å². The fraction of sp³-hybridized carbons (Fsp3) is 0.600. The van der Waals surface area contributed by atoms with Gasteiger partial charge in [0, 0.05) is 38.3 Å². The molecule has 1 heterocycles. The molecule has 0 bridgehead atoms. The third-order valence-corrected chi connectivity index (χ3v) is 3.91. The third-order valence-electron chi connectivity index (χ3n) is 3.91. The first-order valence-corrected chi connectivity index (χ1v) is 6.71. The van der Waals surface area contributed by atoms with Gasteiger partial charge in [-0.25, -0.2) is 0 Å². The average molecular weight is 232 g/mol. The summed E-state index contributed by atoms with van der Waals surface area (Å²) in [6.07, 6.45) is 0. The van der Waals surface area contributed by atoms with Gasteiger partial charge in [0.2, 0.25) is 0 Å². The van der Waals surface area contributed by atoms with Crippen LogP contribution in [0.3, 0.4) is 0 Å². The maximum Gasteiger partial charge on any atom is 0.0320 e. The van der Waals surface area contributed by atoms with E-state index in [0.29, 0.717) is 12.1 Å². The second kappa shape index (κ2) is 5.65. The molecule has 0 aromatic heterocycles. The molecule has 94 valence electrons. The van der Waals surface area contributed by atoms with Gasteiger partial charge in [-0.15, -0.1) is 0 Å². The molecule has 1 unspecified atom stereocenters. The predicted molar refractivity (Wildman–Crippen MR) is 73.1 cm³/mol. The van der Waals surface area contributed by atoms with E-state index in [1.807, 2.05) is 0 Å². The van der Waals surface area contributed by atoms with E-state index in [9.17, 15) is 0 Å². The van der Waals surface area contributed by atoms with Crippen LogP contribution < -0.4 is 0 Å². The molecule has 1 aromatic carbocycles. The van der Waals surface area contributed by atoms with Gasteiger partial charge in [-0.2, -0.15) is 0 Å². The number of hydrogen-bond donors (Lipinski definition) is 0. The molecular formula is C15H24N2. The number of nitrogens with zero attached hydrogens (tertiary/aromatic N) is 2. The van der Waals surface area contributed by atoms with Crippen molar-refractivity contribution < 1.29 is 0 Å². The van der Waals surface area contributed by atoms with E-state index in [4.69, 9.17) is 0 Å². The van der Waals surface area contributed by atoms with Crippen molar-refractivity contribution in [3.8, 4) is 0 Å². The maximum atomic E-state index is 2.59. The van der Waals surface area contributed by atoms with Gasteiger partial charge in [0.15, 0.2) is 0 Å². The van der Waals surface area contributed by atoms with Crippen LogP contribution in [0.5, 0.6) is 0 Å². The van der Waals surface area contributed by atoms with Gasteiger partial charge in [-0.3, -0.25) is 9.80 Å². The SMILES string of the molecule is CC(C)N1CCN(C(C)c2ccccc2)CC1. The van der Waals surface area contributed by atoms with Crippen molar-refractivity contribution in [2.75, 3.05) is 26.2 Å². The highest BCUT2D eigenvalue weighted by Crippen LogP contribution is 2.21. The van der Waals surface area contributed by atoms with Crippen molar-refractivity contribution in [3.05, 3.63) is 35.9 Å². The van der Waals surface area contributed by atoms with Gasteiger partial charge < -0.3 is 0 Å². The first-order valence-electron chi connectivity index (χ1n) is 6.71. The summed E-state index contributed by atoms with van der Waals surface area (Å²) in [7, 11) is 0. The Kier molecular flexibility index (Phi) is 4.19. The first kappa shape index (κ1) is 12.6. The van der Waals surface area contributed by atoms with E-state index in [1.54, 1.807) is 0 Å². The van der Waals surface area contributed by atoms with Crippen molar-refractivity contribution in [2.24, 2.45) is 0 Å². The van der Waals surface area contributed by atoms with Crippen molar-refractivity contribution in [2.45, 2.75) is 32.9 Å². The summed E-state index contributed by atoms with van der Waals surface area (Å²) in [4.78, 5) is 5.16. The topological polar surface area (TPSA) is 6.48 Å². The molecule has 2 rings (SSSR count). The van der Waals surface area contributed by atoms with Crippen LogP contribution in [-0.2, 0) is 0 Å². The molecular weight excluding hydrogens is 208 g/mol. The normalized spacial score (nSPS) is 20.7. The lowest BCUT2D eigenvalue weighted by Gasteiger charge is -2.39.